The number of carbonyl (C=O) groups excluding carboxylic acids is 1. The fourth-order valence-electron chi connectivity index (χ4n) is 2.18. The van der Waals surface area contributed by atoms with Crippen LogP contribution < -0.4 is 0 Å². The van der Waals surface area contributed by atoms with E-state index in [4.69, 9.17) is 4.74 Å². The van der Waals surface area contributed by atoms with Gasteiger partial charge in [-0.1, -0.05) is 49.4 Å². The second kappa shape index (κ2) is 6.32. The van der Waals surface area contributed by atoms with E-state index in [0.717, 1.165) is 12.1 Å². The number of carbonyl (C=O) groups is 1. The fourth-order valence-corrected chi connectivity index (χ4v) is 2.18. The van der Waals surface area contributed by atoms with Gasteiger partial charge in [0.2, 0.25) is 0 Å². The van der Waals surface area contributed by atoms with Crippen LogP contribution in [-0.2, 0) is 17.7 Å². The second-order valence-corrected chi connectivity index (χ2v) is 4.93. The van der Waals surface area contributed by atoms with Gasteiger partial charge in [-0.25, -0.2) is 9.48 Å². The van der Waals surface area contributed by atoms with Crippen LogP contribution in [0.5, 0.6) is 0 Å². The smallest absolute Gasteiger partial charge is 0.360 e. The Bertz CT molecular complexity index is 576. The number of benzene rings is 1. The molecule has 0 spiro atoms. The number of hydrogen-bond acceptors (Lipinski definition) is 4. The van der Waals surface area contributed by atoms with E-state index >= 15 is 0 Å². The zero-order chi connectivity index (χ0) is 14.5. The summed E-state index contributed by atoms with van der Waals surface area (Å²) in [6.07, 6.45) is 0.852. The molecule has 0 saturated carbocycles. The molecule has 5 nitrogen and oxygen atoms in total. The maximum absolute atomic E-state index is 11.7. The van der Waals surface area contributed by atoms with Crippen LogP contribution in [0.25, 0.3) is 0 Å². The zero-order valence-electron chi connectivity index (χ0n) is 12.0. The van der Waals surface area contributed by atoms with Crippen molar-refractivity contribution in [3.8, 4) is 0 Å². The molecule has 106 valence electrons. The Morgan fingerprint density at radius 2 is 2.00 bits per heavy atom. The number of ether oxygens (including phenoxy) is 1. The first-order valence-corrected chi connectivity index (χ1v) is 6.69. The SMILES string of the molecule is COC(=O)c1nnn(CCc2ccccc2)c1C(C)C. The number of rotatable bonds is 5. The van der Waals surface area contributed by atoms with E-state index in [9.17, 15) is 4.79 Å². The first kappa shape index (κ1) is 14.2. The van der Waals surface area contributed by atoms with Crippen LogP contribution in [0, 0.1) is 0 Å². The van der Waals surface area contributed by atoms with E-state index in [2.05, 4.69) is 22.4 Å². The Labute approximate surface area is 118 Å². The standard InChI is InChI=1S/C15H19N3O2/c1-11(2)14-13(15(19)20-3)16-17-18(14)10-9-12-7-5-4-6-8-12/h4-8,11H,9-10H2,1-3H3. The summed E-state index contributed by atoms with van der Waals surface area (Å²) >= 11 is 0. The van der Waals surface area contributed by atoms with Crippen LogP contribution in [0.3, 0.4) is 0 Å². The topological polar surface area (TPSA) is 57.0 Å². The minimum Gasteiger partial charge on any atom is -0.464 e. The van der Waals surface area contributed by atoms with E-state index in [1.165, 1.54) is 12.7 Å². The summed E-state index contributed by atoms with van der Waals surface area (Å²) in [4.78, 5) is 11.7. The molecule has 0 aliphatic heterocycles. The highest BCUT2D eigenvalue weighted by atomic mass is 16.5. The number of esters is 1. The highest BCUT2D eigenvalue weighted by molar-refractivity contribution is 5.88. The monoisotopic (exact) mass is 273 g/mol. The fraction of sp³-hybridized carbons (Fsp3) is 0.400. The molecule has 0 saturated heterocycles. The van der Waals surface area contributed by atoms with E-state index in [-0.39, 0.29) is 5.92 Å². The molecule has 0 aliphatic rings. The quantitative estimate of drug-likeness (QED) is 0.785. The molecule has 0 fully saturated rings. The largest absolute Gasteiger partial charge is 0.464 e. The molecule has 0 unspecified atom stereocenters. The normalized spacial score (nSPS) is 10.8. The summed E-state index contributed by atoms with van der Waals surface area (Å²) < 4.78 is 6.54. The van der Waals surface area contributed by atoms with E-state index in [0.29, 0.717) is 12.2 Å². The third-order valence-corrected chi connectivity index (χ3v) is 3.15. The lowest BCUT2D eigenvalue weighted by Crippen LogP contribution is -2.12. The molecular formula is C15H19N3O2. The van der Waals surface area contributed by atoms with Gasteiger partial charge in [-0.15, -0.1) is 5.10 Å². The van der Waals surface area contributed by atoms with Crippen molar-refractivity contribution < 1.29 is 9.53 Å². The molecule has 1 aromatic heterocycles. The predicted molar refractivity (Wildman–Crippen MR) is 75.6 cm³/mol. The van der Waals surface area contributed by atoms with Gasteiger partial charge in [-0.2, -0.15) is 0 Å². The lowest BCUT2D eigenvalue weighted by atomic mass is 10.1. The molecule has 2 rings (SSSR count). The highest BCUT2D eigenvalue weighted by Gasteiger charge is 2.22. The van der Waals surface area contributed by atoms with Gasteiger partial charge in [0.15, 0.2) is 5.69 Å². The first-order chi connectivity index (χ1) is 9.63. The van der Waals surface area contributed by atoms with Gasteiger partial charge in [0, 0.05) is 6.54 Å². The van der Waals surface area contributed by atoms with Crippen LogP contribution in [0.1, 0.15) is 41.5 Å². The van der Waals surface area contributed by atoms with Crippen LogP contribution in [0.15, 0.2) is 30.3 Å². The molecule has 0 amide bonds. The average molecular weight is 273 g/mol. The lowest BCUT2D eigenvalue weighted by Gasteiger charge is -2.10. The number of hydrogen-bond donors (Lipinski definition) is 0. The minimum atomic E-state index is -0.431. The Hall–Kier alpha value is -2.17. The third-order valence-electron chi connectivity index (χ3n) is 3.15. The van der Waals surface area contributed by atoms with Gasteiger partial charge in [0.25, 0.3) is 0 Å². The molecule has 0 bridgehead atoms. The molecule has 2 aromatic rings. The minimum absolute atomic E-state index is 0.162. The Balaban J connectivity index is 2.19. The molecule has 0 atom stereocenters. The number of nitrogens with zero attached hydrogens (tertiary/aromatic N) is 3. The Morgan fingerprint density at radius 3 is 2.60 bits per heavy atom. The lowest BCUT2D eigenvalue weighted by molar-refractivity contribution is 0.0592. The van der Waals surface area contributed by atoms with Gasteiger partial charge in [-0.3, -0.25) is 0 Å². The molecule has 1 heterocycles. The van der Waals surface area contributed by atoms with Gasteiger partial charge in [-0.05, 0) is 17.9 Å². The molecule has 20 heavy (non-hydrogen) atoms. The Morgan fingerprint density at radius 1 is 1.30 bits per heavy atom. The van der Waals surface area contributed by atoms with Gasteiger partial charge < -0.3 is 4.74 Å². The zero-order valence-corrected chi connectivity index (χ0v) is 12.0. The van der Waals surface area contributed by atoms with E-state index in [1.54, 1.807) is 4.68 Å². The molecular weight excluding hydrogens is 254 g/mol. The van der Waals surface area contributed by atoms with Crippen molar-refractivity contribution >= 4 is 5.97 Å². The molecule has 0 aliphatic carbocycles. The van der Waals surface area contributed by atoms with Crippen molar-refractivity contribution in [2.24, 2.45) is 0 Å². The van der Waals surface area contributed by atoms with Gasteiger partial charge >= 0.3 is 5.97 Å². The van der Waals surface area contributed by atoms with Gasteiger partial charge in [0.05, 0.1) is 12.8 Å². The first-order valence-electron chi connectivity index (χ1n) is 6.69. The number of methoxy groups -OCH3 is 1. The molecule has 0 N–H and O–H groups in total. The molecule has 1 aromatic carbocycles. The van der Waals surface area contributed by atoms with Crippen molar-refractivity contribution in [2.45, 2.75) is 32.7 Å². The predicted octanol–water partition coefficient (Wildman–Crippen LogP) is 2.43. The van der Waals surface area contributed by atoms with Crippen molar-refractivity contribution in [2.75, 3.05) is 7.11 Å². The van der Waals surface area contributed by atoms with Crippen LogP contribution >= 0.6 is 0 Å². The third kappa shape index (κ3) is 3.04. The molecule has 0 radical (unpaired) electrons. The summed E-state index contributed by atoms with van der Waals surface area (Å²) in [5.41, 5.74) is 2.38. The number of aryl methyl sites for hydroxylation is 2. The average Bonchev–Trinajstić information content (AvgIpc) is 2.89. The maximum Gasteiger partial charge on any atom is 0.360 e. The summed E-state index contributed by atoms with van der Waals surface area (Å²) in [6.45, 7) is 4.73. The maximum atomic E-state index is 11.7. The van der Waals surface area contributed by atoms with Crippen molar-refractivity contribution in [3.05, 3.63) is 47.3 Å². The van der Waals surface area contributed by atoms with Crippen LogP contribution in [-0.4, -0.2) is 28.1 Å². The van der Waals surface area contributed by atoms with E-state index in [1.807, 2.05) is 32.0 Å². The summed E-state index contributed by atoms with van der Waals surface area (Å²) in [6, 6.07) is 10.2. The summed E-state index contributed by atoms with van der Waals surface area (Å²) in [5, 5.41) is 8.05. The van der Waals surface area contributed by atoms with Crippen molar-refractivity contribution in [1.29, 1.82) is 0 Å². The van der Waals surface area contributed by atoms with E-state index < -0.39 is 5.97 Å². The summed E-state index contributed by atoms with van der Waals surface area (Å²) in [5.74, 6) is -0.269. The number of aromatic nitrogens is 3. The highest BCUT2D eigenvalue weighted by Crippen LogP contribution is 2.18. The molecule has 5 heteroatoms. The van der Waals surface area contributed by atoms with Crippen LogP contribution in [0.4, 0.5) is 0 Å². The second-order valence-electron chi connectivity index (χ2n) is 4.93. The van der Waals surface area contributed by atoms with Gasteiger partial charge in [0.1, 0.15) is 0 Å². The van der Waals surface area contributed by atoms with Crippen molar-refractivity contribution in [3.63, 3.8) is 0 Å². The van der Waals surface area contributed by atoms with Crippen molar-refractivity contribution in [1.82, 2.24) is 15.0 Å². The summed E-state index contributed by atoms with van der Waals surface area (Å²) in [7, 11) is 1.36. The Kier molecular flexibility index (Phi) is 4.50. The van der Waals surface area contributed by atoms with Crippen LogP contribution in [0.2, 0.25) is 0 Å².